The lowest BCUT2D eigenvalue weighted by Crippen LogP contribution is -2.31. The summed E-state index contributed by atoms with van der Waals surface area (Å²) in [4.78, 5) is 0. The van der Waals surface area contributed by atoms with Crippen molar-refractivity contribution in [1.29, 1.82) is 5.41 Å². The van der Waals surface area contributed by atoms with E-state index in [1.165, 1.54) is 6.07 Å². The molecule has 0 aromatic heterocycles. The molecule has 1 heterocycles. The molecular formula is C13H16F2N2O2. The zero-order valence-electron chi connectivity index (χ0n) is 10.4. The summed E-state index contributed by atoms with van der Waals surface area (Å²) in [5, 5.41) is 7.49. The molecule has 6 heteroatoms. The predicted octanol–water partition coefficient (Wildman–Crippen LogP) is 2.49. The SMILES string of the molecule is N=C(N)C(OC1CCCCO1)c1ccc(F)cc1F. The summed E-state index contributed by atoms with van der Waals surface area (Å²) in [6, 6.07) is 3.09. The highest BCUT2D eigenvalue weighted by Gasteiger charge is 2.25. The molecule has 2 unspecified atom stereocenters. The first-order valence-corrected chi connectivity index (χ1v) is 6.14. The molecule has 0 spiro atoms. The lowest BCUT2D eigenvalue weighted by molar-refractivity contribution is -0.176. The molecule has 104 valence electrons. The fourth-order valence-electron chi connectivity index (χ4n) is 2.00. The van der Waals surface area contributed by atoms with E-state index in [1.54, 1.807) is 0 Å². The molecule has 0 amide bonds. The first-order chi connectivity index (χ1) is 9.08. The van der Waals surface area contributed by atoms with Crippen molar-refractivity contribution in [3.05, 3.63) is 35.4 Å². The molecule has 2 atom stereocenters. The molecule has 19 heavy (non-hydrogen) atoms. The number of nitrogens with two attached hydrogens (primary N) is 1. The normalized spacial score (nSPS) is 21.1. The fraction of sp³-hybridized carbons (Fsp3) is 0.462. The zero-order chi connectivity index (χ0) is 13.8. The van der Waals surface area contributed by atoms with Crippen LogP contribution in [-0.2, 0) is 9.47 Å². The van der Waals surface area contributed by atoms with Gasteiger partial charge < -0.3 is 15.2 Å². The number of hydrogen-bond donors (Lipinski definition) is 2. The predicted molar refractivity (Wildman–Crippen MR) is 65.7 cm³/mol. The Hall–Kier alpha value is -1.53. The van der Waals surface area contributed by atoms with E-state index in [0.29, 0.717) is 13.0 Å². The second-order valence-electron chi connectivity index (χ2n) is 4.43. The van der Waals surface area contributed by atoms with Crippen LogP contribution in [0.4, 0.5) is 8.78 Å². The maximum absolute atomic E-state index is 13.7. The summed E-state index contributed by atoms with van der Waals surface area (Å²) in [6.07, 6.45) is 1.01. The molecule has 1 aliphatic rings. The van der Waals surface area contributed by atoms with E-state index in [4.69, 9.17) is 20.6 Å². The van der Waals surface area contributed by atoms with Gasteiger partial charge in [0.05, 0.1) is 0 Å². The summed E-state index contributed by atoms with van der Waals surface area (Å²) in [7, 11) is 0. The topological polar surface area (TPSA) is 68.3 Å². The second kappa shape index (κ2) is 6.08. The van der Waals surface area contributed by atoms with Gasteiger partial charge in [-0.3, -0.25) is 5.41 Å². The van der Waals surface area contributed by atoms with Crippen LogP contribution in [-0.4, -0.2) is 18.7 Å². The Morgan fingerprint density at radius 3 is 2.79 bits per heavy atom. The quantitative estimate of drug-likeness (QED) is 0.652. The third kappa shape index (κ3) is 3.48. The van der Waals surface area contributed by atoms with E-state index in [9.17, 15) is 8.78 Å². The number of benzene rings is 1. The van der Waals surface area contributed by atoms with Gasteiger partial charge in [-0.2, -0.15) is 0 Å². The van der Waals surface area contributed by atoms with Crippen LogP contribution < -0.4 is 5.73 Å². The van der Waals surface area contributed by atoms with Gasteiger partial charge in [0.2, 0.25) is 0 Å². The Labute approximate surface area is 110 Å². The smallest absolute Gasteiger partial charge is 0.159 e. The highest BCUT2D eigenvalue weighted by atomic mass is 19.1. The molecule has 1 aromatic rings. The van der Waals surface area contributed by atoms with Crippen LogP contribution in [0.2, 0.25) is 0 Å². The van der Waals surface area contributed by atoms with Gasteiger partial charge in [0.15, 0.2) is 6.29 Å². The minimum atomic E-state index is -1.05. The molecule has 0 saturated carbocycles. The minimum absolute atomic E-state index is 0.0445. The van der Waals surface area contributed by atoms with Crippen molar-refractivity contribution in [2.75, 3.05) is 6.61 Å². The average molecular weight is 270 g/mol. The number of halogens is 2. The fourth-order valence-corrected chi connectivity index (χ4v) is 2.00. The third-order valence-electron chi connectivity index (χ3n) is 2.95. The Kier molecular flexibility index (Phi) is 4.44. The van der Waals surface area contributed by atoms with E-state index in [1.807, 2.05) is 0 Å². The molecule has 1 aliphatic heterocycles. The van der Waals surface area contributed by atoms with Crippen molar-refractivity contribution in [2.24, 2.45) is 5.73 Å². The molecule has 0 aliphatic carbocycles. The number of nitrogens with one attached hydrogen (secondary N) is 1. The van der Waals surface area contributed by atoms with Gasteiger partial charge in [-0.15, -0.1) is 0 Å². The van der Waals surface area contributed by atoms with Gasteiger partial charge in [-0.1, -0.05) is 6.07 Å². The summed E-state index contributed by atoms with van der Waals surface area (Å²) in [6.45, 7) is 0.571. The molecule has 1 aromatic carbocycles. The van der Waals surface area contributed by atoms with Crippen LogP contribution in [0, 0.1) is 17.0 Å². The number of hydrogen-bond acceptors (Lipinski definition) is 3. The highest BCUT2D eigenvalue weighted by Crippen LogP contribution is 2.26. The Bertz CT molecular complexity index is 462. The van der Waals surface area contributed by atoms with Gasteiger partial charge in [0.25, 0.3) is 0 Å². The minimum Gasteiger partial charge on any atom is -0.385 e. The van der Waals surface area contributed by atoms with Gasteiger partial charge in [0, 0.05) is 18.2 Å². The lowest BCUT2D eigenvalue weighted by Gasteiger charge is -2.27. The highest BCUT2D eigenvalue weighted by molar-refractivity contribution is 5.83. The Balaban J connectivity index is 2.17. The van der Waals surface area contributed by atoms with Crippen LogP contribution in [0.15, 0.2) is 18.2 Å². The van der Waals surface area contributed by atoms with Crippen LogP contribution in [0.1, 0.15) is 30.9 Å². The van der Waals surface area contributed by atoms with E-state index >= 15 is 0 Å². The molecule has 0 radical (unpaired) electrons. The summed E-state index contributed by atoms with van der Waals surface area (Å²) in [5.41, 5.74) is 5.48. The van der Waals surface area contributed by atoms with Crippen molar-refractivity contribution in [3.8, 4) is 0 Å². The molecule has 0 bridgehead atoms. The largest absolute Gasteiger partial charge is 0.385 e. The number of ether oxygens (including phenoxy) is 2. The van der Waals surface area contributed by atoms with E-state index < -0.39 is 24.0 Å². The average Bonchev–Trinajstić information content (AvgIpc) is 2.38. The van der Waals surface area contributed by atoms with Gasteiger partial charge in [-0.05, 0) is 25.3 Å². The van der Waals surface area contributed by atoms with E-state index in [-0.39, 0.29) is 11.4 Å². The summed E-state index contributed by atoms with van der Waals surface area (Å²) in [5.74, 6) is -1.80. The van der Waals surface area contributed by atoms with Gasteiger partial charge in [-0.25, -0.2) is 8.78 Å². The third-order valence-corrected chi connectivity index (χ3v) is 2.95. The molecular weight excluding hydrogens is 254 g/mol. The first-order valence-electron chi connectivity index (χ1n) is 6.14. The van der Waals surface area contributed by atoms with Crippen molar-refractivity contribution in [1.82, 2.24) is 0 Å². The molecule has 3 N–H and O–H groups in total. The number of amidine groups is 1. The Morgan fingerprint density at radius 2 is 2.21 bits per heavy atom. The van der Waals surface area contributed by atoms with Crippen molar-refractivity contribution in [2.45, 2.75) is 31.7 Å². The van der Waals surface area contributed by atoms with E-state index in [2.05, 4.69) is 0 Å². The standard InChI is InChI=1S/C13H16F2N2O2/c14-8-4-5-9(10(15)7-8)12(13(16)17)19-11-3-1-2-6-18-11/h4-5,7,11-12H,1-3,6H2,(H3,16,17). The molecule has 1 saturated heterocycles. The molecule has 1 fully saturated rings. The lowest BCUT2D eigenvalue weighted by atomic mass is 10.1. The van der Waals surface area contributed by atoms with Crippen molar-refractivity contribution < 1.29 is 18.3 Å². The van der Waals surface area contributed by atoms with Crippen LogP contribution in [0.3, 0.4) is 0 Å². The van der Waals surface area contributed by atoms with Crippen LogP contribution in [0.25, 0.3) is 0 Å². The monoisotopic (exact) mass is 270 g/mol. The van der Waals surface area contributed by atoms with Crippen LogP contribution in [0.5, 0.6) is 0 Å². The van der Waals surface area contributed by atoms with Gasteiger partial charge in [0.1, 0.15) is 23.6 Å². The maximum atomic E-state index is 13.7. The molecule has 4 nitrogen and oxygen atoms in total. The first kappa shape index (κ1) is 13.9. The van der Waals surface area contributed by atoms with E-state index in [0.717, 1.165) is 25.0 Å². The summed E-state index contributed by atoms with van der Waals surface area (Å²) < 4.78 is 37.5. The molecule has 2 rings (SSSR count). The van der Waals surface area contributed by atoms with Crippen molar-refractivity contribution >= 4 is 5.84 Å². The Morgan fingerprint density at radius 1 is 1.42 bits per heavy atom. The van der Waals surface area contributed by atoms with Crippen molar-refractivity contribution in [3.63, 3.8) is 0 Å². The maximum Gasteiger partial charge on any atom is 0.159 e. The number of rotatable bonds is 4. The summed E-state index contributed by atoms with van der Waals surface area (Å²) >= 11 is 0. The van der Waals surface area contributed by atoms with Gasteiger partial charge >= 0.3 is 0 Å². The zero-order valence-corrected chi connectivity index (χ0v) is 10.4. The van der Waals surface area contributed by atoms with Crippen LogP contribution >= 0.6 is 0 Å². The second-order valence-corrected chi connectivity index (χ2v) is 4.43.